The Morgan fingerprint density at radius 2 is 1.89 bits per heavy atom. The van der Waals surface area contributed by atoms with Gasteiger partial charge in [-0.25, -0.2) is 0 Å². The zero-order valence-electron chi connectivity index (χ0n) is 10.6. The number of carbonyl (C=O) groups is 1. The number of hydrogen-bond acceptors (Lipinski definition) is 3. The van der Waals surface area contributed by atoms with E-state index in [-0.39, 0.29) is 17.7 Å². The lowest BCUT2D eigenvalue weighted by molar-refractivity contribution is 0.102. The fourth-order valence-corrected chi connectivity index (χ4v) is 1.72. The largest absolute Gasteiger partial charge is 0.508 e. The molecule has 0 aliphatic rings. The van der Waals surface area contributed by atoms with E-state index in [2.05, 4.69) is 5.32 Å². The highest BCUT2D eigenvalue weighted by molar-refractivity contribution is 6.04. The maximum absolute atomic E-state index is 11.9. The van der Waals surface area contributed by atoms with Crippen molar-refractivity contribution in [3.8, 4) is 5.75 Å². The molecule has 0 saturated heterocycles. The minimum atomic E-state index is -0.260. The zero-order valence-corrected chi connectivity index (χ0v) is 10.6. The van der Waals surface area contributed by atoms with Crippen molar-refractivity contribution in [1.29, 1.82) is 0 Å². The van der Waals surface area contributed by atoms with Gasteiger partial charge in [-0.3, -0.25) is 4.79 Å². The Morgan fingerprint density at radius 1 is 1.21 bits per heavy atom. The number of nitrogens with two attached hydrogens (primary N) is 1. The number of hydrogen-bond donors (Lipinski definition) is 3. The van der Waals surface area contributed by atoms with Crippen LogP contribution in [-0.2, 0) is 0 Å². The summed E-state index contributed by atoms with van der Waals surface area (Å²) in [5, 5.41) is 12.1. The number of carbonyl (C=O) groups excluding carboxylic acids is 1. The predicted molar refractivity (Wildman–Crippen MR) is 75.1 cm³/mol. The van der Waals surface area contributed by atoms with Gasteiger partial charge < -0.3 is 16.2 Å². The molecule has 2 rings (SSSR count). The maximum Gasteiger partial charge on any atom is 0.255 e. The van der Waals surface area contributed by atoms with E-state index in [9.17, 15) is 9.90 Å². The summed E-state index contributed by atoms with van der Waals surface area (Å²) in [5.74, 6) is -0.190. The van der Waals surface area contributed by atoms with Gasteiger partial charge in [-0.2, -0.15) is 0 Å². The SMILES string of the molecule is CC(N)c1ccc(NC(=O)c2cccc(O)c2)cc1. The van der Waals surface area contributed by atoms with Crippen LogP contribution in [0.5, 0.6) is 5.75 Å². The van der Waals surface area contributed by atoms with E-state index >= 15 is 0 Å². The molecule has 4 heteroatoms. The molecule has 19 heavy (non-hydrogen) atoms. The molecule has 1 amide bonds. The van der Waals surface area contributed by atoms with Crippen LogP contribution < -0.4 is 11.1 Å². The van der Waals surface area contributed by atoms with Gasteiger partial charge in [0.05, 0.1) is 0 Å². The van der Waals surface area contributed by atoms with Crippen molar-refractivity contribution in [3.63, 3.8) is 0 Å². The third kappa shape index (κ3) is 3.33. The summed E-state index contributed by atoms with van der Waals surface area (Å²) >= 11 is 0. The lowest BCUT2D eigenvalue weighted by Crippen LogP contribution is -2.12. The number of aromatic hydroxyl groups is 1. The van der Waals surface area contributed by atoms with Crippen molar-refractivity contribution >= 4 is 11.6 Å². The average molecular weight is 256 g/mol. The molecule has 98 valence electrons. The molecule has 2 aromatic rings. The van der Waals surface area contributed by atoms with Gasteiger partial charge in [-0.1, -0.05) is 18.2 Å². The number of phenols is 1. The Balaban J connectivity index is 2.10. The van der Waals surface area contributed by atoms with E-state index < -0.39 is 0 Å². The van der Waals surface area contributed by atoms with Crippen LogP contribution in [0.2, 0.25) is 0 Å². The first kappa shape index (κ1) is 13.1. The van der Waals surface area contributed by atoms with Crippen LogP contribution >= 0.6 is 0 Å². The van der Waals surface area contributed by atoms with Crippen molar-refractivity contribution in [3.05, 3.63) is 59.7 Å². The summed E-state index contributed by atoms with van der Waals surface area (Å²) in [5.41, 5.74) is 7.87. The van der Waals surface area contributed by atoms with E-state index in [1.54, 1.807) is 24.3 Å². The number of nitrogens with one attached hydrogen (secondary N) is 1. The standard InChI is InChI=1S/C15H16N2O2/c1-10(16)11-5-7-13(8-6-11)17-15(19)12-3-2-4-14(18)9-12/h2-10,18H,16H2,1H3,(H,17,19). The van der Waals surface area contributed by atoms with Crippen molar-refractivity contribution < 1.29 is 9.90 Å². The number of anilines is 1. The van der Waals surface area contributed by atoms with Crippen molar-refractivity contribution in [2.45, 2.75) is 13.0 Å². The topological polar surface area (TPSA) is 75.3 Å². The summed E-state index contributed by atoms with van der Waals surface area (Å²) in [6.07, 6.45) is 0. The highest BCUT2D eigenvalue weighted by Gasteiger charge is 2.07. The first-order chi connectivity index (χ1) is 9.06. The molecule has 4 N–H and O–H groups in total. The predicted octanol–water partition coefficient (Wildman–Crippen LogP) is 2.66. The molecule has 0 aromatic heterocycles. The first-order valence-electron chi connectivity index (χ1n) is 6.02. The summed E-state index contributed by atoms with van der Waals surface area (Å²) in [7, 11) is 0. The molecule has 0 fully saturated rings. The molecular formula is C15H16N2O2. The smallest absolute Gasteiger partial charge is 0.255 e. The summed E-state index contributed by atoms with van der Waals surface area (Å²) in [6.45, 7) is 1.90. The Labute approximate surface area is 111 Å². The van der Waals surface area contributed by atoms with Crippen LogP contribution in [0.3, 0.4) is 0 Å². The third-order valence-electron chi connectivity index (χ3n) is 2.80. The highest BCUT2D eigenvalue weighted by Crippen LogP contribution is 2.16. The quantitative estimate of drug-likeness (QED) is 0.790. The second-order valence-corrected chi connectivity index (χ2v) is 4.42. The van der Waals surface area contributed by atoms with Gasteiger partial charge in [0.1, 0.15) is 5.75 Å². The van der Waals surface area contributed by atoms with Gasteiger partial charge in [-0.05, 0) is 42.8 Å². The molecule has 0 radical (unpaired) electrons. The average Bonchev–Trinajstić information content (AvgIpc) is 2.39. The highest BCUT2D eigenvalue weighted by atomic mass is 16.3. The lowest BCUT2D eigenvalue weighted by Gasteiger charge is -2.08. The number of amides is 1. The van der Waals surface area contributed by atoms with Crippen LogP contribution in [0.15, 0.2) is 48.5 Å². The Morgan fingerprint density at radius 3 is 2.47 bits per heavy atom. The maximum atomic E-state index is 11.9. The van der Waals surface area contributed by atoms with Crippen molar-refractivity contribution in [2.24, 2.45) is 5.73 Å². The molecule has 4 nitrogen and oxygen atoms in total. The Kier molecular flexibility index (Phi) is 3.82. The van der Waals surface area contributed by atoms with Crippen LogP contribution in [0, 0.1) is 0 Å². The molecule has 1 unspecified atom stereocenters. The molecule has 0 aliphatic carbocycles. The number of benzene rings is 2. The fraction of sp³-hybridized carbons (Fsp3) is 0.133. The van der Waals surface area contributed by atoms with Gasteiger partial charge in [0, 0.05) is 17.3 Å². The second kappa shape index (κ2) is 5.54. The molecule has 0 heterocycles. The molecule has 0 saturated carbocycles. The lowest BCUT2D eigenvalue weighted by atomic mass is 10.1. The molecule has 1 atom stereocenters. The van der Waals surface area contributed by atoms with E-state index in [0.717, 1.165) is 5.56 Å². The van der Waals surface area contributed by atoms with Gasteiger partial charge in [-0.15, -0.1) is 0 Å². The monoisotopic (exact) mass is 256 g/mol. The molecule has 2 aromatic carbocycles. The summed E-state index contributed by atoms with van der Waals surface area (Å²) in [4.78, 5) is 11.9. The third-order valence-corrected chi connectivity index (χ3v) is 2.80. The van der Waals surface area contributed by atoms with E-state index in [0.29, 0.717) is 11.3 Å². The molecule has 0 spiro atoms. The summed E-state index contributed by atoms with van der Waals surface area (Å²) < 4.78 is 0. The molecule has 0 bridgehead atoms. The number of rotatable bonds is 3. The number of phenolic OH excluding ortho intramolecular Hbond substituents is 1. The minimum Gasteiger partial charge on any atom is -0.508 e. The van der Waals surface area contributed by atoms with E-state index in [1.165, 1.54) is 12.1 Å². The van der Waals surface area contributed by atoms with Gasteiger partial charge >= 0.3 is 0 Å². The van der Waals surface area contributed by atoms with Crippen LogP contribution in [-0.4, -0.2) is 11.0 Å². The molecular weight excluding hydrogens is 240 g/mol. The van der Waals surface area contributed by atoms with E-state index in [4.69, 9.17) is 5.73 Å². The van der Waals surface area contributed by atoms with Crippen molar-refractivity contribution in [2.75, 3.05) is 5.32 Å². The van der Waals surface area contributed by atoms with Gasteiger partial charge in [0.2, 0.25) is 0 Å². The van der Waals surface area contributed by atoms with Crippen molar-refractivity contribution in [1.82, 2.24) is 0 Å². The summed E-state index contributed by atoms with van der Waals surface area (Å²) in [6, 6.07) is 13.6. The van der Waals surface area contributed by atoms with Crippen LogP contribution in [0.4, 0.5) is 5.69 Å². The normalized spacial score (nSPS) is 11.9. The van der Waals surface area contributed by atoms with E-state index in [1.807, 2.05) is 19.1 Å². The second-order valence-electron chi connectivity index (χ2n) is 4.42. The van der Waals surface area contributed by atoms with Crippen LogP contribution in [0.1, 0.15) is 28.9 Å². The Hall–Kier alpha value is -2.33. The van der Waals surface area contributed by atoms with Gasteiger partial charge in [0.15, 0.2) is 0 Å². The zero-order chi connectivity index (χ0) is 13.8. The molecule has 0 aliphatic heterocycles. The minimum absolute atomic E-state index is 0.0316. The fourth-order valence-electron chi connectivity index (χ4n) is 1.72. The first-order valence-corrected chi connectivity index (χ1v) is 6.02. The Bertz CT molecular complexity index is 577. The van der Waals surface area contributed by atoms with Gasteiger partial charge in [0.25, 0.3) is 5.91 Å². The van der Waals surface area contributed by atoms with Crippen LogP contribution in [0.25, 0.3) is 0 Å².